The molecule has 0 aliphatic heterocycles. The minimum atomic E-state index is -10.7. The standard InChI is InChI=1S/C16H14N.F6P/c1-17-12-11-14(13-7-3-2-4-8-13)15-9-5-6-10-16(15)17;1-7(2,3,4,5)6/h2-12H,1H3;/q+1;-1. The van der Waals surface area contributed by atoms with Crippen molar-refractivity contribution in [1.82, 2.24) is 0 Å². The molecule has 0 bridgehead atoms. The van der Waals surface area contributed by atoms with E-state index in [2.05, 4.69) is 78.5 Å². The van der Waals surface area contributed by atoms with E-state index in [4.69, 9.17) is 0 Å². The van der Waals surface area contributed by atoms with Crippen molar-refractivity contribution in [2.75, 3.05) is 0 Å². The number of rotatable bonds is 1. The van der Waals surface area contributed by atoms with Crippen molar-refractivity contribution in [1.29, 1.82) is 0 Å². The third-order valence-corrected chi connectivity index (χ3v) is 3.12. The number of benzene rings is 2. The van der Waals surface area contributed by atoms with Gasteiger partial charge in [0.2, 0.25) is 5.52 Å². The molecule has 1 nitrogen and oxygen atoms in total. The Labute approximate surface area is 134 Å². The molecule has 24 heavy (non-hydrogen) atoms. The fourth-order valence-corrected chi connectivity index (χ4v) is 2.23. The Kier molecular flexibility index (Phi) is 4.13. The van der Waals surface area contributed by atoms with Crippen molar-refractivity contribution >= 4 is 18.7 Å². The van der Waals surface area contributed by atoms with Crippen LogP contribution in [0.3, 0.4) is 0 Å². The van der Waals surface area contributed by atoms with Crippen molar-refractivity contribution in [2.24, 2.45) is 7.05 Å². The molecule has 8 heteroatoms. The molecular weight excluding hydrogens is 351 g/mol. The van der Waals surface area contributed by atoms with E-state index >= 15 is 0 Å². The second kappa shape index (κ2) is 5.45. The van der Waals surface area contributed by atoms with E-state index in [1.54, 1.807) is 0 Å². The molecule has 0 unspecified atom stereocenters. The van der Waals surface area contributed by atoms with Gasteiger partial charge in [-0.1, -0.05) is 42.5 Å². The van der Waals surface area contributed by atoms with Crippen LogP contribution in [0.4, 0.5) is 25.2 Å². The van der Waals surface area contributed by atoms with Crippen molar-refractivity contribution in [2.45, 2.75) is 0 Å². The number of fused-ring (bicyclic) bond motifs is 1. The van der Waals surface area contributed by atoms with Gasteiger partial charge in [-0.25, -0.2) is 4.57 Å². The molecule has 0 aliphatic carbocycles. The number of pyridine rings is 1. The summed E-state index contributed by atoms with van der Waals surface area (Å²) >= 11 is 0. The maximum absolute atomic E-state index is 10.7. The number of nitrogens with zero attached hydrogens (tertiary/aromatic N) is 1. The van der Waals surface area contributed by atoms with E-state index in [9.17, 15) is 25.2 Å². The number of hydrogen-bond donors (Lipinski definition) is 0. The van der Waals surface area contributed by atoms with Crippen LogP contribution < -0.4 is 4.57 Å². The SMILES string of the molecule is C[n+]1ccc(-c2ccccc2)c2ccccc21.F[P-](F)(F)(F)(F)F. The van der Waals surface area contributed by atoms with Gasteiger partial charge in [0.1, 0.15) is 7.05 Å². The van der Waals surface area contributed by atoms with Gasteiger partial charge in [-0.15, -0.1) is 0 Å². The molecule has 0 aliphatic rings. The van der Waals surface area contributed by atoms with Crippen LogP contribution in [-0.2, 0) is 7.05 Å². The molecule has 0 radical (unpaired) electrons. The second-order valence-corrected chi connectivity index (χ2v) is 7.10. The van der Waals surface area contributed by atoms with Gasteiger partial charge in [-0.2, -0.15) is 0 Å². The summed E-state index contributed by atoms with van der Waals surface area (Å²) < 4.78 is 61.3. The molecule has 0 spiro atoms. The Balaban J connectivity index is 0.000000256. The molecule has 0 N–H and O–H groups in total. The molecule has 1 aromatic heterocycles. The molecule has 3 rings (SSSR count). The van der Waals surface area contributed by atoms with E-state index < -0.39 is 7.81 Å². The number of aryl methyl sites for hydroxylation is 1. The fourth-order valence-electron chi connectivity index (χ4n) is 2.23. The normalized spacial score (nSPS) is 14.3. The Morgan fingerprint density at radius 3 is 1.79 bits per heavy atom. The first-order chi connectivity index (χ1) is 10.8. The van der Waals surface area contributed by atoms with Crippen LogP contribution in [0.2, 0.25) is 0 Å². The molecule has 2 aromatic carbocycles. The van der Waals surface area contributed by atoms with Crippen molar-refractivity contribution in [3.8, 4) is 11.1 Å². The molecule has 1 heterocycles. The number of aromatic nitrogens is 1. The topological polar surface area (TPSA) is 3.88 Å². The minimum absolute atomic E-state index is 1.26. The zero-order valence-corrected chi connectivity index (χ0v) is 13.4. The van der Waals surface area contributed by atoms with Crippen molar-refractivity contribution < 1.29 is 29.7 Å². The molecular formula is C16H14F6NP. The average Bonchev–Trinajstić information content (AvgIpc) is 2.46. The van der Waals surface area contributed by atoms with Gasteiger partial charge in [0.25, 0.3) is 0 Å². The third kappa shape index (κ3) is 6.16. The summed E-state index contributed by atoms with van der Waals surface area (Å²) in [6.07, 6.45) is 2.12. The second-order valence-electron chi connectivity index (χ2n) is 5.18. The first-order valence-corrected chi connectivity index (χ1v) is 8.83. The zero-order valence-electron chi connectivity index (χ0n) is 12.5. The van der Waals surface area contributed by atoms with Crippen LogP contribution in [0.1, 0.15) is 0 Å². The predicted molar refractivity (Wildman–Crippen MR) is 84.1 cm³/mol. The Bertz CT molecular complexity index is 849. The van der Waals surface area contributed by atoms with E-state index in [1.165, 1.54) is 22.0 Å². The number of hydrogen-bond acceptors (Lipinski definition) is 0. The average molecular weight is 365 g/mol. The van der Waals surface area contributed by atoms with E-state index in [0.717, 1.165) is 0 Å². The summed E-state index contributed by atoms with van der Waals surface area (Å²) in [6.45, 7) is 0. The Morgan fingerprint density at radius 2 is 1.21 bits per heavy atom. The first kappa shape index (κ1) is 18.2. The summed E-state index contributed by atoms with van der Waals surface area (Å²) in [7, 11) is -8.58. The van der Waals surface area contributed by atoms with E-state index in [1.807, 2.05) is 0 Å². The summed E-state index contributed by atoms with van der Waals surface area (Å²) in [4.78, 5) is 0. The molecule has 0 saturated heterocycles. The van der Waals surface area contributed by atoms with Gasteiger partial charge in [0.05, 0.1) is 5.39 Å². The quantitative estimate of drug-likeness (QED) is 0.256. The monoisotopic (exact) mass is 365 g/mol. The van der Waals surface area contributed by atoms with Gasteiger partial charge in [-0.05, 0) is 11.6 Å². The molecule has 3 aromatic rings. The van der Waals surface area contributed by atoms with Gasteiger partial charge >= 0.3 is 33.0 Å². The summed E-state index contributed by atoms with van der Waals surface area (Å²) in [5, 5.41) is 1.30. The summed E-state index contributed by atoms with van der Waals surface area (Å²) in [6, 6.07) is 21.2. The van der Waals surface area contributed by atoms with Gasteiger partial charge < -0.3 is 0 Å². The number of para-hydroxylation sites is 1. The van der Waals surface area contributed by atoms with Gasteiger partial charge in [0, 0.05) is 17.7 Å². The van der Waals surface area contributed by atoms with Crippen LogP contribution in [0.25, 0.3) is 22.0 Å². The Morgan fingerprint density at radius 1 is 0.708 bits per heavy atom. The number of halogens is 6. The molecule has 0 amide bonds. The first-order valence-electron chi connectivity index (χ1n) is 6.80. The van der Waals surface area contributed by atoms with Gasteiger partial charge in [-0.3, -0.25) is 0 Å². The summed E-state index contributed by atoms with van der Waals surface area (Å²) in [5.74, 6) is 0. The van der Waals surface area contributed by atoms with E-state index in [0.29, 0.717) is 0 Å². The van der Waals surface area contributed by atoms with Crippen LogP contribution >= 0.6 is 7.81 Å². The molecule has 130 valence electrons. The zero-order chi connectivity index (χ0) is 18.1. The van der Waals surface area contributed by atoms with Crippen LogP contribution in [0.5, 0.6) is 0 Å². The summed E-state index contributed by atoms with van der Waals surface area (Å²) in [5.41, 5.74) is 3.82. The Hall–Kier alpha value is -2.14. The van der Waals surface area contributed by atoms with Crippen molar-refractivity contribution in [3.63, 3.8) is 0 Å². The maximum atomic E-state index is 9.87. The molecule has 0 saturated carbocycles. The van der Waals surface area contributed by atoms with Gasteiger partial charge in [0.15, 0.2) is 6.20 Å². The van der Waals surface area contributed by atoms with Crippen LogP contribution in [0, 0.1) is 0 Å². The van der Waals surface area contributed by atoms with Crippen LogP contribution in [0.15, 0.2) is 66.9 Å². The molecule has 0 fully saturated rings. The van der Waals surface area contributed by atoms with E-state index in [-0.39, 0.29) is 0 Å². The third-order valence-electron chi connectivity index (χ3n) is 3.12. The predicted octanol–water partition coefficient (Wildman–Crippen LogP) is 6.71. The molecule has 0 atom stereocenters. The van der Waals surface area contributed by atoms with Crippen LogP contribution in [-0.4, -0.2) is 0 Å². The fraction of sp³-hybridized carbons (Fsp3) is 0.0625. The van der Waals surface area contributed by atoms with Crippen molar-refractivity contribution in [3.05, 3.63) is 66.9 Å².